The Labute approximate surface area is 250 Å². The summed E-state index contributed by atoms with van der Waals surface area (Å²) in [7, 11) is 5.45. The van der Waals surface area contributed by atoms with Crippen LogP contribution >= 0.6 is 11.8 Å². The van der Waals surface area contributed by atoms with Gasteiger partial charge in [0.2, 0.25) is 0 Å². The Morgan fingerprint density at radius 3 is 2.33 bits per heavy atom. The van der Waals surface area contributed by atoms with E-state index in [4.69, 9.17) is 9.47 Å². The van der Waals surface area contributed by atoms with Crippen molar-refractivity contribution in [3.63, 3.8) is 0 Å². The van der Waals surface area contributed by atoms with E-state index in [1.54, 1.807) is 18.2 Å². The Balaban J connectivity index is 1.39. The topological polar surface area (TPSA) is 57.6 Å². The summed E-state index contributed by atoms with van der Waals surface area (Å²) in [5.41, 5.74) is -2.71. The normalized spacial score (nSPS) is 17.6. The van der Waals surface area contributed by atoms with Gasteiger partial charge in [-0.1, -0.05) is 12.1 Å². The molecule has 0 unspecified atom stereocenters. The van der Waals surface area contributed by atoms with Gasteiger partial charge in [0, 0.05) is 31.7 Å². The van der Waals surface area contributed by atoms with E-state index in [1.807, 2.05) is 0 Å². The molecule has 0 radical (unpaired) electrons. The highest BCUT2D eigenvalue weighted by Crippen LogP contribution is 2.39. The third-order valence-corrected chi connectivity index (χ3v) is 7.99. The van der Waals surface area contributed by atoms with E-state index in [9.17, 15) is 31.1 Å². The molecule has 2 aromatic carbocycles. The van der Waals surface area contributed by atoms with Crippen LogP contribution in [0.2, 0.25) is 0 Å². The van der Waals surface area contributed by atoms with Gasteiger partial charge in [-0.3, -0.25) is 9.69 Å². The molecular weight excluding hydrogens is 598 g/mol. The van der Waals surface area contributed by atoms with Crippen molar-refractivity contribution in [3.05, 3.63) is 63.6 Å². The molecule has 0 aliphatic carbocycles. The van der Waals surface area contributed by atoms with Crippen molar-refractivity contribution in [2.45, 2.75) is 25.4 Å². The summed E-state index contributed by atoms with van der Waals surface area (Å²) in [6.07, 6.45) is -7.19. The number of hydrogen-bond donors (Lipinski definition) is 0. The van der Waals surface area contributed by atoms with Gasteiger partial charge in [-0.2, -0.15) is 31.3 Å². The summed E-state index contributed by atoms with van der Waals surface area (Å²) in [5.74, 6) is -0.102. The minimum absolute atomic E-state index is 0.0736. The van der Waals surface area contributed by atoms with Crippen LogP contribution in [0, 0.1) is 0 Å². The van der Waals surface area contributed by atoms with Crippen molar-refractivity contribution in [2.75, 3.05) is 60.5 Å². The second kappa shape index (κ2) is 13.6. The van der Waals surface area contributed by atoms with Gasteiger partial charge in [0.25, 0.3) is 5.91 Å². The molecule has 2 aliphatic heterocycles. The van der Waals surface area contributed by atoms with Gasteiger partial charge in [-0.15, -0.1) is 0 Å². The van der Waals surface area contributed by atoms with E-state index >= 15 is 0 Å². The number of piperazine rings is 1. The molecule has 14 heteroatoms. The van der Waals surface area contributed by atoms with Gasteiger partial charge in [0.05, 0.1) is 23.1 Å². The molecule has 7 nitrogen and oxygen atoms in total. The number of halogens is 6. The molecule has 0 aromatic heterocycles. The number of benzene rings is 2. The number of amides is 1. The zero-order chi connectivity index (χ0) is 31.4. The van der Waals surface area contributed by atoms with Crippen LogP contribution in [-0.2, 0) is 23.8 Å². The zero-order valence-electron chi connectivity index (χ0n) is 23.9. The monoisotopic (exact) mass is 630 g/mol. The van der Waals surface area contributed by atoms with Crippen LogP contribution in [0.15, 0.2) is 46.3 Å². The Hall–Kier alpha value is -3.23. The van der Waals surface area contributed by atoms with Gasteiger partial charge < -0.3 is 19.3 Å². The zero-order valence-corrected chi connectivity index (χ0v) is 24.7. The third-order valence-electron chi connectivity index (χ3n) is 6.94. The summed E-state index contributed by atoms with van der Waals surface area (Å²) in [5, 5.41) is 0.646. The van der Waals surface area contributed by atoms with Crippen LogP contribution in [0.3, 0.4) is 0 Å². The minimum atomic E-state index is -5.01. The molecule has 1 fully saturated rings. The smallest absolute Gasteiger partial charge is 0.416 e. The predicted molar refractivity (Wildman–Crippen MR) is 153 cm³/mol. The van der Waals surface area contributed by atoms with Gasteiger partial charge in [-0.05, 0) is 81.3 Å². The number of nitrogens with zero attached hydrogens (tertiary/aromatic N) is 4. The van der Waals surface area contributed by atoms with Crippen molar-refractivity contribution in [1.29, 1.82) is 0 Å². The number of carbonyl (C=O) groups excluding carboxylic acids is 1. The number of rotatable bonds is 9. The van der Waals surface area contributed by atoms with Gasteiger partial charge in [-0.25, -0.2) is 0 Å². The first-order chi connectivity index (χ1) is 20.2. The van der Waals surface area contributed by atoms with Crippen LogP contribution in [0.25, 0.3) is 6.08 Å². The summed E-state index contributed by atoms with van der Waals surface area (Å²) in [6.45, 7) is 4.71. The van der Waals surface area contributed by atoms with Crippen molar-refractivity contribution < 1.29 is 40.6 Å². The molecule has 0 saturated carbocycles. The molecule has 234 valence electrons. The molecule has 43 heavy (non-hydrogen) atoms. The fourth-order valence-electron chi connectivity index (χ4n) is 4.65. The van der Waals surface area contributed by atoms with Crippen LogP contribution in [0.5, 0.6) is 11.5 Å². The van der Waals surface area contributed by atoms with Crippen molar-refractivity contribution in [1.82, 2.24) is 14.7 Å². The van der Waals surface area contributed by atoms with Crippen LogP contribution in [0.4, 0.5) is 26.3 Å². The lowest BCUT2D eigenvalue weighted by Gasteiger charge is -2.35. The average Bonchev–Trinajstić information content (AvgIpc) is 3.31. The Bertz CT molecular complexity index is 1370. The highest BCUT2D eigenvalue weighted by Gasteiger charge is 2.38. The maximum Gasteiger partial charge on any atom is 0.416 e. The maximum absolute atomic E-state index is 13.5. The SMILES string of the molecule is COc1cc(/C=C2\SC(N3CCN(CCCN(C)C)CC3)=NC2=O)ccc1OCc1ccc(C(F)(F)F)cc1C(F)(F)F. The number of hydrogen-bond acceptors (Lipinski definition) is 7. The van der Waals surface area contributed by atoms with E-state index in [0.29, 0.717) is 21.7 Å². The lowest BCUT2D eigenvalue weighted by Crippen LogP contribution is -2.48. The number of aliphatic imine (C=N–C) groups is 1. The number of alkyl halides is 6. The lowest BCUT2D eigenvalue weighted by atomic mass is 10.0. The highest BCUT2D eigenvalue weighted by molar-refractivity contribution is 8.18. The number of thioether (sulfide) groups is 1. The van der Waals surface area contributed by atoms with Crippen molar-refractivity contribution in [2.24, 2.45) is 4.99 Å². The number of ether oxygens (including phenoxy) is 2. The first-order valence-electron chi connectivity index (χ1n) is 13.5. The molecular formula is C29H32F6N4O3S. The fraction of sp³-hybridized carbons (Fsp3) is 0.448. The van der Waals surface area contributed by atoms with Crippen molar-refractivity contribution in [3.8, 4) is 11.5 Å². The molecule has 0 atom stereocenters. The van der Waals surface area contributed by atoms with E-state index in [1.165, 1.54) is 24.9 Å². The summed E-state index contributed by atoms with van der Waals surface area (Å²) in [4.78, 5) is 23.9. The summed E-state index contributed by atoms with van der Waals surface area (Å²) < 4.78 is 90.3. The molecule has 0 N–H and O–H groups in total. The Morgan fingerprint density at radius 1 is 0.977 bits per heavy atom. The molecule has 4 rings (SSSR count). The predicted octanol–water partition coefficient (Wildman–Crippen LogP) is 5.85. The Morgan fingerprint density at radius 2 is 1.70 bits per heavy atom. The molecule has 2 aromatic rings. The number of methoxy groups -OCH3 is 1. The largest absolute Gasteiger partial charge is 0.493 e. The fourth-order valence-corrected chi connectivity index (χ4v) is 5.61. The van der Waals surface area contributed by atoms with Crippen LogP contribution in [-0.4, -0.2) is 86.2 Å². The second-order valence-electron chi connectivity index (χ2n) is 10.4. The maximum atomic E-state index is 13.5. The van der Waals surface area contributed by atoms with E-state index in [2.05, 4.69) is 33.8 Å². The van der Waals surface area contributed by atoms with E-state index < -0.39 is 35.6 Å². The van der Waals surface area contributed by atoms with Crippen LogP contribution in [0.1, 0.15) is 28.7 Å². The highest BCUT2D eigenvalue weighted by atomic mass is 32.2. The first kappa shape index (κ1) is 32.7. The lowest BCUT2D eigenvalue weighted by molar-refractivity contribution is -0.143. The third kappa shape index (κ3) is 8.67. The number of carbonyl (C=O) groups is 1. The molecule has 2 aliphatic rings. The van der Waals surface area contributed by atoms with E-state index in [0.717, 1.165) is 51.8 Å². The number of amidine groups is 1. The second-order valence-corrected chi connectivity index (χ2v) is 11.4. The molecule has 2 heterocycles. The van der Waals surface area contributed by atoms with Gasteiger partial charge >= 0.3 is 12.4 Å². The van der Waals surface area contributed by atoms with Gasteiger partial charge in [0.15, 0.2) is 16.7 Å². The van der Waals surface area contributed by atoms with E-state index in [-0.39, 0.29) is 23.5 Å². The molecule has 0 spiro atoms. The first-order valence-corrected chi connectivity index (χ1v) is 14.3. The van der Waals surface area contributed by atoms with Crippen LogP contribution < -0.4 is 9.47 Å². The summed E-state index contributed by atoms with van der Waals surface area (Å²) >= 11 is 1.28. The molecule has 1 amide bonds. The van der Waals surface area contributed by atoms with Crippen molar-refractivity contribution >= 4 is 28.9 Å². The standard InChI is InChI=1S/C29H32F6N4O3S/c1-37(2)9-4-10-38-11-13-39(14-12-38)27-36-26(40)25(43-27)16-19-5-8-23(24(15-19)41-3)42-18-20-6-7-21(28(30,31)32)17-22(20)29(33,34)35/h5-8,15-17H,4,9-14,18H2,1-3H3/b25-16-. The summed E-state index contributed by atoms with van der Waals surface area (Å²) in [6, 6.07) is 6.02. The van der Waals surface area contributed by atoms with Gasteiger partial charge in [0.1, 0.15) is 6.61 Å². The molecule has 0 bridgehead atoms. The Kier molecular flexibility index (Phi) is 10.3. The quantitative estimate of drug-likeness (QED) is 0.255. The minimum Gasteiger partial charge on any atom is -0.493 e. The average molecular weight is 631 g/mol. The molecule has 1 saturated heterocycles.